The van der Waals surface area contributed by atoms with E-state index in [9.17, 15) is 0 Å². The zero-order valence-electron chi connectivity index (χ0n) is 8.28. The maximum Gasteiger partial charge on any atom is 0.00670 e. The van der Waals surface area contributed by atoms with Gasteiger partial charge in [0, 0.05) is 6.04 Å². The molecule has 0 amide bonds. The molecule has 0 aromatic carbocycles. The average Bonchev–Trinajstić information content (AvgIpc) is 2.32. The second-order valence-corrected chi connectivity index (χ2v) is 4.86. The van der Waals surface area contributed by atoms with E-state index < -0.39 is 0 Å². The van der Waals surface area contributed by atoms with E-state index in [2.05, 4.69) is 33.1 Å². The van der Waals surface area contributed by atoms with Crippen LogP contribution >= 0.6 is 0 Å². The molecule has 2 unspecified atom stereocenters. The van der Waals surface area contributed by atoms with Gasteiger partial charge in [-0.2, -0.15) is 0 Å². The summed E-state index contributed by atoms with van der Waals surface area (Å²) >= 11 is 0. The van der Waals surface area contributed by atoms with Crippen molar-refractivity contribution in [3.05, 3.63) is 0 Å². The van der Waals surface area contributed by atoms with Crippen LogP contribution in [0.2, 0.25) is 0 Å². The summed E-state index contributed by atoms with van der Waals surface area (Å²) in [6.07, 6.45) is 4.16. The van der Waals surface area contributed by atoms with Crippen LogP contribution in [0.25, 0.3) is 0 Å². The van der Waals surface area contributed by atoms with Crippen molar-refractivity contribution >= 4 is 0 Å². The first-order chi connectivity index (χ1) is 5.04. The van der Waals surface area contributed by atoms with Gasteiger partial charge in [0.05, 0.1) is 0 Å². The van der Waals surface area contributed by atoms with Crippen molar-refractivity contribution in [2.24, 2.45) is 11.3 Å². The first-order valence-electron chi connectivity index (χ1n) is 4.71. The molecule has 0 aromatic rings. The minimum absolute atomic E-state index is 0.519. The van der Waals surface area contributed by atoms with Crippen molar-refractivity contribution in [1.29, 1.82) is 0 Å². The highest BCUT2D eigenvalue weighted by Crippen LogP contribution is 2.38. The monoisotopic (exact) mass is 155 g/mol. The van der Waals surface area contributed by atoms with E-state index in [1.807, 2.05) is 0 Å². The average molecular weight is 155 g/mol. The Hall–Kier alpha value is -0.0400. The van der Waals surface area contributed by atoms with Gasteiger partial charge in [-0.05, 0) is 37.6 Å². The van der Waals surface area contributed by atoms with Gasteiger partial charge >= 0.3 is 0 Å². The molecular weight excluding hydrogens is 134 g/mol. The predicted molar refractivity (Wildman–Crippen MR) is 49.6 cm³/mol. The molecule has 2 atom stereocenters. The van der Waals surface area contributed by atoms with Crippen LogP contribution in [0, 0.1) is 11.3 Å². The van der Waals surface area contributed by atoms with Crippen LogP contribution in [0.5, 0.6) is 0 Å². The predicted octanol–water partition coefficient (Wildman–Crippen LogP) is 2.42. The molecule has 1 aliphatic carbocycles. The molecule has 0 spiro atoms. The van der Waals surface area contributed by atoms with Gasteiger partial charge in [-0.3, -0.25) is 0 Å². The summed E-state index contributed by atoms with van der Waals surface area (Å²) in [7, 11) is 2.08. The molecule has 0 bridgehead atoms. The van der Waals surface area contributed by atoms with Crippen molar-refractivity contribution in [3.63, 3.8) is 0 Å². The lowest BCUT2D eigenvalue weighted by Crippen LogP contribution is -2.24. The van der Waals surface area contributed by atoms with E-state index in [4.69, 9.17) is 0 Å². The Morgan fingerprint density at radius 3 is 2.09 bits per heavy atom. The van der Waals surface area contributed by atoms with Crippen molar-refractivity contribution < 1.29 is 0 Å². The molecular formula is C10H21N. The van der Waals surface area contributed by atoms with Crippen molar-refractivity contribution in [2.45, 2.75) is 46.1 Å². The van der Waals surface area contributed by atoms with E-state index in [-0.39, 0.29) is 0 Å². The third-order valence-corrected chi connectivity index (χ3v) is 3.07. The van der Waals surface area contributed by atoms with E-state index in [1.165, 1.54) is 19.3 Å². The molecule has 1 saturated carbocycles. The highest BCUT2D eigenvalue weighted by molar-refractivity contribution is 4.85. The highest BCUT2D eigenvalue weighted by Gasteiger charge is 2.31. The molecule has 0 aliphatic heterocycles. The number of nitrogens with one attached hydrogen (secondary N) is 1. The third kappa shape index (κ3) is 2.19. The van der Waals surface area contributed by atoms with E-state index in [0.29, 0.717) is 5.41 Å². The summed E-state index contributed by atoms with van der Waals surface area (Å²) in [5.41, 5.74) is 0.519. The largest absolute Gasteiger partial charge is 0.317 e. The zero-order valence-corrected chi connectivity index (χ0v) is 8.28. The number of hydrogen-bond acceptors (Lipinski definition) is 1. The molecule has 0 radical (unpaired) electrons. The third-order valence-electron chi connectivity index (χ3n) is 3.07. The summed E-state index contributed by atoms with van der Waals surface area (Å²) in [6.45, 7) is 7.07. The fourth-order valence-corrected chi connectivity index (χ4v) is 2.03. The SMILES string of the molecule is CNC1CCC(C(C)(C)C)C1. The van der Waals surface area contributed by atoms with Gasteiger partial charge < -0.3 is 5.32 Å². The van der Waals surface area contributed by atoms with Crippen LogP contribution in [0.1, 0.15) is 40.0 Å². The summed E-state index contributed by atoms with van der Waals surface area (Å²) in [4.78, 5) is 0. The van der Waals surface area contributed by atoms with Crippen LogP contribution in [0.3, 0.4) is 0 Å². The second kappa shape index (κ2) is 3.14. The molecule has 0 aromatic heterocycles. The lowest BCUT2D eigenvalue weighted by molar-refractivity contribution is 0.242. The molecule has 1 fully saturated rings. The van der Waals surface area contributed by atoms with Crippen LogP contribution in [-0.2, 0) is 0 Å². The normalized spacial score (nSPS) is 32.7. The maximum absolute atomic E-state index is 3.37. The molecule has 1 rings (SSSR count). The van der Waals surface area contributed by atoms with Gasteiger partial charge in [0.25, 0.3) is 0 Å². The summed E-state index contributed by atoms with van der Waals surface area (Å²) in [5, 5.41) is 3.37. The molecule has 1 heteroatoms. The van der Waals surface area contributed by atoms with E-state index in [0.717, 1.165) is 12.0 Å². The highest BCUT2D eigenvalue weighted by atomic mass is 14.9. The van der Waals surface area contributed by atoms with Gasteiger partial charge in [0.1, 0.15) is 0 Å². The van der Waals surface area contributed by atoms with Gasteiger partial charge in [0.15, 0.2) is 0 Å². The topological polar surface area (TPSA) is 12.0 Å². The minimum Gasteiger partial charge on any atom is -0.317 e. The zero-order chi connectivity index (χ0) is 8.48. The molecule has 1 nitrogen and oxygen atoms in total. The Bertz CT molecular complexity index is 123. The number of rotatable bonds is 1. The fraction of sp³-hybridized carbons (Fsp3) is 1.00. The van der Waals surface area contributed by atoms with Crippen molar-refractivity contribution in [1.82, 2.24) is 5.32 Å². The van der Waals surface area contributed by atoms with Crippen LogP contribution < -0.4 is 5.32 Å². The Kier molecular flexibility index (Phi) is 2.58. The van der Waals surface area contributed by atoms with E-state index in [1.54, 1.807) is 0 Å². The Balaban J connectivity index is 2.42. The number of hydrogen-bond donors (Lipinski definition) is 1. The Morgan fingerprint density at radius 1 is 1.18 bits per heavy atom. The summed E-state index contributed by atoms with van der Waals surface area (Å²) in [5.74, 6) is 0.931. The van der Waals surface area contributed by atoms with E-state index >= 15 is 0 Å². The standard InChI is InChI=1S/C10H21N/c1-10(2,3)8-5-6-9(7-8)11-4/h8-9,11H,5-7H2,1-4H3. The molecule has 66 valence electrons. The van der Waals surface area contributed by atoms with Crippen LogP contribution in [-0.4, -0.2) is 13.1 Å². The quantitative estimate of drug-likeness (QED) is 0.613. The van der Waals surface area contributed by atoms with Crippen LogP contribution in [0.15, 0.2) is 0 Å². The van der Waals surface area contributed by atoms with Gasteiger partial charge in [-0.25, -0.2) is 0 Å². The molecule has 0 heterocycles. The van der Waals surface area contributed by atoms with Gasteiger partial charge in [0.2, 0.25) is 0 Å². The summed E-state index contributed by atoms with van der Waals surface area (Å²) in [6, 6.07) is 0.791. The van der Waals surface area contributed by atoms with Crippen molar-refractivity contribution in [2.75, 3.05) is 7.05 Å². The van der Waals surface area contributed by atoms with Crippen molar-refractivity contribution in [3.8, 4) is 0 Å². The van der Waals surface area contributed by atoms with Crippen LogP contribution in [0.4, 0.5) is 0 Å². The minimum atomic E-state index is 0.519. The molecule has 0 saturated heterocycles. The fourth-order valence-electron chi connectivity index (χ4n) is 2.03. The molecule has 1 N–H and O–H groups in total. The lowest BCUT2D eigenvalue weighted by atomic mass is 9.80. The first-order valence-corrected chi connectivity index (χ1v) is 4.71. The smallest absolute Gasteiger partial charge is 0.00670 e. The lowest BCUT2D eigenvalue weighted by Gasteiger charge is -2.26. The molecule has 1 aliphatic rings. The Morgan fingerprint density at radius 2 is 1.82 bits per heavy atom. The molecule has 11 heavy (non-hydrogen) atoms. The van der Waals surface area contributed by atoms with Gasteiger partial charge in [-0.15, -0.1) is 0 Å². The maximum atomic E-state index is 3.37. The first kappa shape index (κ1) is 9.05. The Labute approximate surface area is 70.6 Å². The summed E-state index contributed by atoms with van der Waals surface area (Å²) < 4.78 is 0. The second-order valence-electron chi connectivity index (χ2n) is 4.86. The van der Waals surface area contributed by atoms with Gasteiger partial charge in [-0.1, -0.05) is 20.8 Å².